The molecule has 6 N–H and O–H groups in total. The van der Waals surface area contributed by atoms with Gasteiger partial charge in [-0.1, -0.05) is 38.7 Å². The molecule has 1 atom stereocenters. The standard InChI is InChI=1S/C20H31N3O5/c1-2-3-4-5-6-7-18(26)23-16(20(21)28)13-19(27)22-11-10-14-8-9-15(24)12-17(14)25/h8-9,12,16,24-25H,2-7,10-11,13H2,1H3,(H2,21,28)(H,22,27)(H,23,26)/t16-/m1/s1. The van der Waals surface area contributed by atoms with Gasteiger partial charge in [-0.25, -0.2) is 0 Å². The Morgan fingerprint density at radius 2 is 1.79 bits per heavy atom. The molecule has 0 unspecified atom stereocenters. The van der Waals surface area contributed by atoms with Crippen molar-refractivity contribution in [1.29, 1.82) is 0 Å². The fourth-order valence-electron chi connectivity index (χ4n) is 2.74. The molecule has 1 aromatic carbocycles. The maximum atomic E-state index is 12.0. The topological polar surface area (TPSA) is 142 Å². The number of benzene rings is 1. The highest BCUT2D eigenvalue weighted by atomic mass is 16.3. The normalized spacial score (nSPS) is 11.6. The second-order valence-electron chi connectivity index (χ2n) is 6.80. The van der Waals surface area contributed by atoms with Crippen molar-refractivity contribution in [3.05, 3.63) is 23.8 Å². The maximum Gasteiger partial charge on any atom is 0.240 e. The van der Waals surface area contributed by atoms with E-state index < -0.39 is 17.9 Å². The van der Waals surface area contributed by atoms with E-state index in [1.54, 1.807) is 6.07 Å². The summed E-state index contributed by atoms with van der Waals surface area (Å²) in [6, 6.07) is 3.17. The van der Waals surface area contributed by atoms with Crippen molar-refractivity contribution in [3.63, 3.8) is 0 Å². The van der Waals surface area contributed by atoms with E-state index in [2.05, 4.69) is 17.6 Å². The zero-order chi connectivity index (χ0) is 20.9. The van der Waals surface area contributed by atoms with Crippen LogP contribution in [0.5, 0.6) is 11.5 Å². The Hall–Kier alpha value is -2.77. The van der Waals surface area contributed by atoms with Gasteiger partial charge < -0.3 is 26.6 Å². The first kappa shape index (κ1) is 23.3. The van der Waals surface area contributed by atoms with Crippen LogP contribution in [0.15, 0.2) is 18.2 Å². The van der Waals surface area contributed by atoms with Crippen LogP contribution in [0.1, 0.15) is 57.4 Å². The zero-order valence-corrected chi connectivity index (χ0v) is 16.4. The average Bonchev–Trinajstić information content (AvgIpc) is 2.62. The first-order valence-corrected chi connectivity index (χ1v) is 9.69. The van der Waals surface area contributed by atoms with E-state index >= 15 is 0 Å². The summed E-state index contributed by atoms with van der Waals surface area (Å²) >= 11 is 0. The second kappa shape index (κ2) is 12.6. The molecule has 0 fully saturated rings. The Morgan fingerprint density at radius 1 is 1.07 bits per heavy atom. The number of carbonyl (C=O) groups is 3. The molecule has 0 heterocycles. The lowest BCUT2D eigenvalue weighted by molar-refractivity contribution is -0.130. The van der Waals surface area contributed by atoms with Gasteiger partial charge in [-0.3, -0.25) is 14.4 Å². The Bertz CT molecular complexity index is 663. The first-order valence-electron chi connectivity index (χ1n) is 9.69. The zero-order valence-electron chi connectivity index (χ0n) is 16.4. The van der Waals surface area contributed by atoms with Crippen molar-refractivity contribution in [2.75, 3.05) is 6.54 Å². The smallest absolute Gasteiger partial charge is 0.240 e. The molecule has 0 saturated heterocycles. The quantitative estimate of drug-likeness (QED) is 0.323. The molecular formula is C20H31N3O5. The largest absolute Gasteiger partial charge is 0.508 e. The summed E-state index contributed by atoms with van der Waals surface area (Å²) in [5, 5.41) is 24.1. The summed E-state index contributed by atoms with van der Waals surface area (Å²) < 4.78 is 0. The molecule has 8 nitrogen and oxygen atoms in total. The number of unbranched alkanes of at least 4 members (excludes halogenated alkanes) is 4. The van der Waals surface area contributed by atoms with E-state index in [0.717, 1.165) is 32.1 Å². The molecule has 0 radical (unpaired) electrons. The third-order valence-electron chi connectivity index (χ3n) is 4.36. The van der Waals surface area contributed by atoms with Gasteiger partial charge in [0.2, 0.25) is 17.7 Å². The first-order chi connectivity index (χ1) is 13.3. The number of amides is 3. The van der Waals surface area contributed by atoms with Gasteiger partial charge in [0, 0.05) is 19.0 Å². The number of rotatable bonds is 13. The minimum absolute atomic E-state index is 0.0457. The molecule has 156 valence electrons. The van der Waals surface area contributed by atoms with Crippen molar-refractivity contribution in [1.82, 2.24) is 10.6 Å². The monoisotopic (exact) mass is 393 g/mol. The lowest BCUT2D eigenvalue weighted by Crippen LogP contribution is -2.47. The summed E-state index contributed by atoms with van der Waals surface area (Å²) in [5.41, 5.74) is 5.86. The van der Waals surface area contributed by atoms with Crippen molar-refractivity contribution >= 4 is 17.7 Å². The summed E-state index contributed by atoms with van der Waals surface area (Å²) in [5.74, 6) is -1.58. The van der Waals surface area contributed by atoms with Crippen LogP contribution in [0.3, 0.4) is 0 Å². The van der Waals surface area contributed by atoms with E-state index in [4.69, 9.17) is 5.73 Å². The highest BCUT2D eigenvalue weighted by Crippen LogP contribution is 2.22. The van der Waals surface area contributed by atoms with Crippen molar-refractivity contribution in [3.8, 4) is 11.5 Å². The van der Waals surface area contributed by atoms with Gasteiger partial charge in [0.1, 0.15) is 17.5 Å². The van der Waals surface area contributed by atoms with Crippen LogP contribution in [0, 0.1) is 0 Å². The molecule has 0 aromatic heterocycles. The Kier molecular flexibility index (Phi) is 10.5. The third kappa shape index (κ3) is 9.25. The van der Waals surface area contributed by atoms with Gasteiger partial charge in [-0.15, -0.1) is 0 Å². The summed E-state index contributed by atoms with van der Waals surface area (Å²) in [4.78, 5) is 35.5. The van der Waals surface area contributed by atoms with E-state index in [-0.39, 0.29) is 30.4 Å². The van der Waals surface area contributed by atoms with E-state index in [9.17, 15) is 24.6 Å². The minimum Gasteiger partial charge on any atom is -0.508 e. The molecule has 0 bridgehead atoms. The van der Waals surface area contributed by atoms with Gasteiger partial charge in [0.25, 0.3) is 0 Å². The molecule has 0 saturated carbocycles. The van der Waals surface area contributed by atoms with Crippen molar-refractivity contribution < 1.29 is 24.6 Å². The lowest BCUT2D eigenvalue weighted by Gasteiger charge is -2.15. The summed E-state index contributed by atoms with van der Waals surface area (Å²) in [7, 11) is 0. The van der Waals surface area contributed by atoms with Gasteiger partial charge in [-0.05, 0) is 24.5 Å². The van der Waals surface area contributed by atoms with Crippen LogP contribution < -0.4 is 16.4 Å². The molecule has 0 aliphatic heterocycles. The Morgan fingerprint density at radius 3 is 2.43 bits per heavy atom. The molecule has 8 heteroatoms. The van der Waals surface area contributed by atoms with Crippen molar-refractivity contribution in [2.24, 2.45) is 5.73 Å². The number of hydrogen-bond acceptors (Lipinski definition) is 5. The molecule has 1 rings (SSSR count). The molecule has 0 aliphatic rings. The van der Waals surface area contributed by atoms with Gasteiger partial charge in [0.15, 0.2) is 0 Å². The number of nitrogens with two attached hydrogens (primary N) is 1. The average molecular weight is 393 g/mol. The molecule has 0 aliphatic carbocycles. The predicted molar refractivity (Wildman–Crippen MR) is 106 cm³/mol. The second-order valence-corrected chi connectivity index (χ2v) is 6.80. The van der Waals surface area contributed by atoms with E-state index in [1.807, 2.05) is 0 Å². The molecule has 28 heavy (non-hydrogen) atoms. The fraction of sp³-hybridized carbons (Fsp3) is 0.550. The van der Waals surface area contributed by atoms with Crippen LogP contribution in [0.4, 0.5) is 0 Å². The Labute approximate surface area is 165 Å². The van der Waals surface area contributed by atoms with Crippen LogP contribution in [-0.2, 0) is 20.8 Å². The maximum absolute atomic E-state index is 12.0. The molecule has 1 aromatic rings. The molecule has 0 spiro atoms. The molecule has 3 amide bonds. The lowest BCUT2D eigenvalue weighted by atomic mass is 10.1. The van der Waals surface area contributed by atoms with Crippen LogP contribution in [-0.4, -0.2) is 40.5 Å². The molecular weight excluding hydrogens is 362 g/mol. The predicted octanol–water partition coefficient (Wildman–Crippen LogP) is 1.48. The fourth-order valence-corrected chi connectivity index (χ4v) is 2.74. The highest BCUT2D eigenvalue weighted by molar-refractivity contribution is 5.91. The number of phenols is 2. The van der Waals surface area contributed by atoms with Gasteiger partial charge in [0.05, 0.1) is 6.42 Å². The van der Waals surface area contributed by atoms with Crippen LogP contribution in [0.25, 0.3) is 0 Å². The van der Waals surface area contributed by atoms with Crippen LogP contribution >= 0.6 is 0 Å². The third-order valence-corrected chi connectivity index (χ3v) is 4.36. The van der Waals surface area contributed by atoms with Gasteiger partial charge >= 0.3 is 0 Å². The summed E-state index contributed by atoms with van der Waals surface area (Å²) in [6.07, 6.45) is 5.43. The van der Waals surface area contributed by atoms with E-state index in [0.29, 0.717) is 18.4 Å². The van der Waals surface area contributed by atoms with Crippen molar-refractivity contribution in [2.45, 2.75) is 64.3 Å². The Balaban J connectivity index is 2.36. The number of carbonyl (C=O) groups excluding carboxylic acids is 3. The number of nitrogens with one attached hydrogen (secondary N) is 2. The summed E-state index contributed by atoms with van der Waals surface area (Å²) in [6.45, 7) is 2.34. The number of primary amides is 1. The highest BCUT2D eigenvalue weighted by Gasteiger charge is 2.21. The van der Waals surface area contributed by atoms with E-state index in [1.165, 1.54) is 12.1 Å². The SMILES string of the molecule is CCCCCCCC(=O)N[C@H](CC(=O)NCCc1ccc(O)cc1O)C(N)=O. The minimum atomic E-state index is -1.05. The number of aromatic hydroxyl groups is 2. The number of phenolic OH excluding ortho intramolecular Hbond substituents is 2. The number of hydrogen-bond donors (Lipinski definition) is 5. The van der Waals surface area contributed by atoms with Crippen LogP contribution in [0.2, 0.25) is 0 Å². The van der Waals surface area contributed by atoms with Gasteiger partial charge in [-0.2, -0.15) is 0 Å².